The minimum Gasteiger partial charge on any atom is -0.392 e. The molecule has 0 heterocycles. The second-order valence-corrected chi connectivity index (χ2v) is 5.19. The van der Waals surface area contributed by atoms with E-state index in [2.05, 4.69) is 21.2 Å². The number of hydrogen-bond donors (Lipinski definition) is 2. The summed E-state index contributed by atoms with van der Waals surface area (Å²) < 4.78 is 14.2. The largest absolute Gasteiger partial charge is 0.392 e. The molecule has 0 spiro atoms. The van der Waals surface area contributed by atoms with Crippen LogP contribution in [0.15, 0.2) is 22.7 Å². The fourth-order valence-electron chi connectivity index (χ4n) is 1.67. The molecular weight excluding hydrogens is 273 g/mol. The van der Waals surface area contributed by atoms with E-state index in [1.807, 2.05) is 6.07 Å². The molecule has 1 aliphatic carbocycles. The first-order chi connectivity index (χ1) is 7.66. The number of halogens is 2. The molecule has 1 aliphatic rings. The van der Waals surface area contributed by atoms with Crippen LogP contribution in [-0.4, -0.2) is 17.8 Å². The van der Waals surface area contributed by atoms with Gasteiger partial charge in [-0.05, 0) is 30.9 Å². The van der Waals surface area contributed by atoms with E-state index in [9.17, 15) is 9.50 Å². The zero-order valence-electron chi connectivity index (χ0n) is 8.92. The molecule has 88 valence electrons. The van der Waals surface area contributed by atoms with Crippen molar-refractivity contribution in [2.45, 2.75) is 25.5 Å². The van der Waals surface area contributed by atoms with E-state index in [1.54, 1.807) is 6.07 Å². The Morgan fingerprint density at radius 1 is 1.50 bits per heavy atom. The van der Waals surface area contributed by atoms with E-state index in [4.69, 9.17) is 0 Å². The van der Waals surface area contributed by atoms with Gasteiger partial charge >= 0.3 is 0 Å². The van der Waals surface area contributed by atoms with E-state index >= 15 is 0 Å². The molecule has 1 saturated carbocycles. The van der Waals surface area contributed by atoms with Crippen LogP contribution in [0.25, 0.3) is 0 Å². The van der Waals surface area contributed by atoms with E-state index in [1.165, 1.54) is 6.07 Å². The molecule has 2 nitrogen and oxygen atoms in total. The average Bonchev–Trinajstić information content (AvgIpc) is 3.04. The molecule has 1 unspecified atom stereocenters. The molecule has 4 heteroatoms. The van der Waals surface area contributed by atoms with Gasteiger partial charge in [-0.2, -0.15) is 0 Å². The topological polar surface area (TPSA) is 32.3 Å². The molecule has 0 bridgehead atoms. The predicted octanol–water partition coefficient (Wildman–Crippen LogP) is 2.45. The highest BCUT2D eigenvalue weighted by molar-refractivity contribution is 9.10. The smallest absolute Gasteiger partial charge is 0.128 e. The summed E-state index contributed by atoms with van der Waals surface area (Å²) in [6.07, 6.45) is 1.96. The van der Waals surface area contributed by atoms with E-state index < -0.39 is 0 Å². The molecule has 1 fully saturated rings. The van der Waals surface area contributed by atoms with Crippen molar-refractivity contribution in [3.63, 3.8) is 0 Å². The van der Waals surface area contributed by atoms with Crippen molar-refractivity contribution in [3.05, 3.63) is 34.1 Å². The molecule has 0 aromatic heterocycles. The van der Waals surface area contributed by atoms with Crippen molar-refractivity contribution < 1.29 is 9.50 Å². The van der Waals surface area contributed by atoms with Gasteiger partial charge in [0.1, 0.15) is 5.82 Å². The Hall–Kier alpha value is -0.450. The predicted molar refractivity (Wildman–Crippen MR) is 64.5 cm³/mol. The summed E-state index contributed by atoms with van der Waals surface area (Å²) in [6, 6.07) is 5.02. The quantitative estimate of drug-likeness (QED) is 0.872. The van der Waals surface area contributed by atoms with Crippen LogP contribution in [0.3, 0.4) is 0 Å². The van der Waals surface area contributed by atoms with Gasteiger partial charge in [-0.1, -0.05) is 22.0 Å². The van der Waals surface area contributed by atoms with Crippen LogP contribution in [0.1, 0.15) is 18.4 Å². The fraction of sp³-hybridized carbons (Fsp3) is 0.500. The Morgan fingerprint density at radius 3 is 2.88 bits per heavy atom. The van der Waals surface area contributed by atoms with Crippen LogP contribution in [0.5, 0.6) is 0 Å². The van der Waals surface area contributed by atoms with Crippen molar-refractivity contribution in [1.82, 2.24) is 5.32 Å². The Morgan fingerprint density at radius 2 is 2.25 bits per heavy atom. The third-order valence-corrected chi connectivity index (χ3v) is 3.34. The van der Waals surface area contributed by atoms with Gasteiger partial charge in [0.15, 0.2) is 0 Å². The molecule has 1 aromatic carbocycles. The fourth-order valence-corrected chi connectivity index (χ4v) is 2.00. The summed E-state index contributed by atoms with van der Waals surface area (Å²) in [6.45, 7) is 1.00. The summed E-state index contributed by atoms with van der Waals surface area (Å²) >= 11 is 3.21. The maximum absolute atomic E-state index is 13.4. The second-order valence-electron chi connectivity index (χ2n) is 4.27. The first kappa shape index (κ1) is 12.0. The number of aliphatic hydroxyl groups excluding tert-OH is 1. The van der Waals surface area contributed by atoms with E-state index in [-0.39, 0.29) is 11.9 Å². The van der Waals surface area contributed by atoms with Gasteiger partial charge in [0.25, 0.3) is 0 Å². The lowest BCUT2D eigenvalue weighted by Crippen LogP contribution is -2.28. The van der Waals surface area contributed by atoms with Crippen LogP contribution in [0.2, 0.25) is 0 Å². The Kier molecular flexibility index (Phi) is 3.95. The lowest BCUT2D eigenvalue weighted by molar-refractivity contribution is 0.148. The van der Waals surface area contributed by atoms with Gasteiger partial charge in [-0.25, -0.2) is 4.39 Å². The molecule has 1 aromatic rings. The van der Waals surface area contributed by atoms with Crippen molar-refractivity contribution >= 4 is 15.9 Å². The minimum absolute atomic E-state index is 0.220. The third kappa shape index (κ3) is 3.27. The SMILES string of the molecule is OC(CNCc1ccc(Br)cc1F)C1CC1. The van der Waals surface area contributed by atoms with Crippen LogP contribution in [-0.2, 0) is 6.54 Å². The number of rotatable bonds is 5. The van der Waals surface area contributed by atoms with Crippen molar-refractivity contribution in [3.8, 4) is 0 Å². The van der Waals surface area contributed by atoms with Gasteiger partial charge in [0.2, 0.25) is 0 Å². The number of hydrogen-bond acceptors (Lipinski definition) is 2. The van der Waals surface area contributed by atoms with Crippen LogP contribution in [0.4, 0.5) is 4.39 Å². The number of aliphatic hydroxyl groups is 1. The summed E-state index contributed by atoms with van der Waals surface area (Å²) in [7, 11) is 0. The standard InChI is InChI=1S/C12H15BrFNO/c13-10-4-3-9(11(14)5-10)6-15-7-12(16)8-1-2-8/h3-5,8,12,15-16H,1-2,6-7H2. The molecule has 0 amide bonds. The highest BCUT2D eigenvalue weighted by Crippen LogP contribution is 2.32. The number of benzene rings is 1. The lowest BCUT2D eigenvalue weighted by atomic mass is 10.2. The van der Waals surface area contributed by atoms with E-state index in [0.29, 0.717) is 24.6 Å². The summed E-state index contributed by atoms with van der Waals surface area (Å²) in [5.41, 5.74) is 0.631. The summed E-state index contributed by atoms with van der Waals surface area (Å²) in [5.74, 6) is 0.241. The van der Waals surface area contributed by atoms with Crippen molar-refractivity contribution in [1.29, 1.82) is 0 Å². The maximum Gasteiger partial charge on any atom is 0.128 e. The molecule has 2 rings (SSSR count). The molecule has 0 radical (unpaired) electrons. The Bertz CT molecular complexity index is 368. The zero-order chi connectivity index (χ0) is 11.5. The van der Waals surface area contributed by atoms with Crippen molar-refractivity contribution in [2.75, 3.05) is 6.54 Å². The molecule has 1 atom stereocenters. The lowest BCUT2D eigenvalue weighted by Gasteiger charge is -2.11. The van der Waals surface area contributed by atoms with Crippen LogP contribution >= 0.6 is 15.9 Å². The van der Waals surface area contributed by atoms with Gasteiger partial charge in [-0.3, -0.25) is 0 Å². The molecule has 2 N–H and O–H groups in total. The molecular formula is C12H15BrFNO. The molecule has 16 heavy (non-hydrogen) atoms. The highest BCUT2D eigenvalue weighted by atomic mass is 79.9. The maximum atomic E-state index is 13.4. The van der Waals surface area contributed by atoms with Crippen LogP contribution < -0.4 is 5.32 Å². The summed E-state index contributed by atoms with van der Waals surface area (Å²) in [5, 5.41) is 12.7. The van der Waals surface area contributed by atoms with Gasteiger partial charge in [0, 0.05) is 23.1 Å². The van der Waals surface area contributed by atoms with E-state index in [0.717, 1.165) is 17.3 Å². The molecule has 0 aliphatic heterocycles. The first-order valence-electron chi connectivity index (χ1n) is 5.49. The van der Waals surface area contributed by atoms with Crippen LogP contribution in [0, 0.1) is 11.7 Å². The number of nitrogens with one attached hydrogen (secondary N) is 1. The van der Waals surface area contributed by atoms with Crippen molar-refractivity contribution in [2.24, 2.45) is 5.92 Å². The van der Waals surface area contributed by atoms with Gasteiger partial charge < -0.3 is 10.4 Å². The Labute approximate surface area is 103 Å². The summed E-state index contributed by atoms with van der Waals surface area (Å²) in [4.78, 5) is 0. The molecule has 0 saturated heterocycles. The third-order valence-electron chi connectivity index (χ3n) is 2.85. The second kappa shape index (κ2) is 5.25. The minimum atomic E-state index is -0.279. The highest BCUT2D eigenvalue weighted by Gasteiger charge is 2.29. The zero-order valence-corrected chi connectivity index (χ0v) is 10.5. The Balaban J connectivity index is 1.80. The monoisotopic (exact) mass is 287 g/mol. The van der Waals surface area contributed by atoms with Gasteiger partial charge in [0.05, 0.1) is 6.10 Å². The van der Waals surface area contributed by atoms with Gasteiger partial charge in [-0.15, -0.1) is 0 Å². The average molecular weight is 288 g/mol. The first-order valence-corrected chi connectivity index (χ1v) is 6.29. The normalized spacial score (nSPS) is 17.4.